The molecule has 1 aromatic rings. The van der Waals surface area contributed by atoms with E-state index in [0.717, 1.165) is 11.3 Å². The highest BCUT2D eigenvalue weighted by Gasteiger charge is 2.03. The first-order chi connectivity index (χ1) is 6.79. The number of pyridine rings is 1. The van der Waals surface area contributed by atoms with Crippen molar-refractivity contribution in [1.29, 1.82) is 0 Å². The van der Waals surface area contributed by atoms with Gasteiger partial charge in [-0.3, -0.25) is 4.98 Å². The molecule has 0 aliphatic carbocycles. The van der Waals surface area contributed by atoms with Crippen molar-refractivity contribution in [3.63, 3.8) is 0 Å². The Labute approximate surface area is 83.8 Å². The molecule has 1 aromatic heterocycles. The third-order valence-corrected chi connectivity index (χ3v) is 1.79. The van der Waals surface area contributed by atoms with Gasteiger partial charge in [-0.15, -0.1) is 0 Å². The highest BCUT2D eigenvalue weighted by atomic mass is 16.3. The molecule has 1 heterocycles. The lowest BCUT2D eigenvalue weighted by atomic mass is 10.1. The molecule has 0 spiro atoms. The molecule has 0 aliphatic heterocycles. The molecular weight excluding hydrogens is 176 g/mol. The van der Waals surface area contributed by atoms with Crippen LogP contribution in [0.1, 0.15) is 11.3 Å². The van der Waals surface area contributed by atoms with E-state index in [1.165, 1.54) is 0 Å². The molecule has 0 saturated heterocycles. The third kappa shape index (κ3) is 2.44. The minimum absolute atomic E-state index is 0.0786. The van der Waals surface area contributed by atoms with Crippen molar-refractivity contribution >= 4 is 11.8 Å². The fourth-order valence-electron chi connectivity index (χ4n) is 1.13. The number of hydrogen-bond donors (Lipinski definition) is 2. The van der Waals surface area contributed by atoms with Crippen molar-refractivity contribution in [3.05, 3.63) is 42.7 Å². The molecule has 0 aromatic carbocycles. The van der Waals surface area contributed by atoms with Crippen LogP contribution in [0.2, 0.25) is 0 Å². The number of rotatable bonds is 5. The lowest BCUT2D eigenvalue weighted by Gasteiger charge is -2.09. The van der Waals surface area contributed by atoms with Crippen molar-refractivity contribution < 1.29 is 5.11 Å². The van der Waals surface area contributed by atoms with Crippen molar-refractivity contribution in [2.24, 2.45) is 0 Å². The molecule has 2 N–H and O–H groups in total. The number of aliphatic hydroxyl groups excluding tert-OH is 1. The summed E-state index contributed by atoms with van der Waals surface area (Å²) >= 11 is 0. The van der Waals surface area contributed by atoms with E-state index in [-0.39, 0.29) is 6.61 Å². The summed E-state index contributed by atoms with van der Waals surface area (Å²) in [6.45, 7) is 8.09. The Morgan fingerprint density at radius 3 is 3.07 bits per heavy atom. The molecule has 0 aliphatic rings. The SMILES string of the molecule is C=Cc1cccnc1C(=C)NCCO. The minimum Gasteiger partial charge on any atom is -0.395 e. The molecule has 0 bridgehead atoms. The Kier molecular flexibility index (Phi) is 3.88. The Hall–Kier alpha value is -1.61. The van der Waals surface area contributed by atoms with Gasteiger partial charge < -0.3 is 10.4 Å². The molecule has 3 nitrogen and oxygen atoms in total. The summed E-state index contributed by atoms with van der Waals surface area (Å²) in [5.41, 5.74) is 2.41. The van der Waals surface area contributed by atoms with Crippen LogP contribution in [0.3, 0.4) is 0 Å². The van der Waals surface area contributed by atoms with Crippen LogP contribution in [0.15, 0.2) is 31.5 Å². The molecule has 1 rings (SSSR count). The van der Waals surface area contributed by atoms with E-state index in [0.29, 0.717) is 12.2 Å². The van der Waals surface area contributed by atoms with Crippen LogP contribution in [-0.4, -0.2) is 23.2 Å². The van der Waals surface area contributed by atoms with Crippen molar-refractivity contribution in [1.82, 2.24) is 10.3 Å². The average molecular weight is 190 g/mol. The van der Waals surface area contributed by atoms with Gasteiger partial charge in [-0.2, -0.15) is 0 Å². The monoisotopic (exact) mass is 190 g/mol. The maximum absolute atomic E-state index is 8.64. The van der Waals surface area contributed by atoms with Gasteiger partial charge in [-0.05, 0) is 6.07 Å². The summed E-state index contributed by atoms with van der Waals surface area (Å²) in [5, 5.41) is 11.6. The maximum Gasteiger partial charge on any atom is 0.0926 e. The summed E-state index contributed by atoms with van der Waals surface area (Å²) in [4.78, 5) is 4.19. The van der Waals surface area contributed by atoms with E-state index in [9.17, 15) is 0 Å². The molecule has 3 heteroatoms. The standard InChI is InChI=1S/C11H14N2O/c1-3-10-5-4-6-13-11(10)9(2)12-7-8-14/h3-6,12,14H,1-2,7-8H2. The van der Waals surface area contributed by atoms with Crippen molar-refractivity contribution in [3.8, 4) is 0 Å². The molecule has 74 valence electrons. The van der Waals surface area contributed by atoms with Gasteiger partial charge in [0, 0.05) is 18.3 Å². The second kappa shape index (κ2) is 5.19. The number of hydrogen-bond acceptors (Lipinski definition) is 3. The van der Waals surface area contributed by atoms with E-state index in [1.807, 2.05) is 12.1 Å². The van der Waals surface area contributed by atoms with E-state index in [4.69, 9.17) is 5.11 Å². The van der Waals surface area contributed by atoms with Crippen LogP contribution in [0.5, 0.6) is 0 Å². The van der Waals surface area contributed by atoms with Gasteiger partial charge in [0.25, 0.3) is 0 Å². The lowest BCUT2D eigenvalue weighted by Crippen LogP contribution is -2.17. The second-order valence-electron chi connectivity index (χ2n) is 2.77. The number of nitrogens with one attached hydrogen (secondary N) is 1. The van der Waals surface area contributed by atoms with Gasteiger partial charge in [0.15, 0.2) is 0 Å². The van der Waals surface area contributed by atoms with Gasteiger partial charge in [0.1, 0.15) is 0 Å². The summed E-state index contributed by atoms with van der Waals surface area (Å²) in [6, 6.07) is 3.76. The first-order valence-corrected chi connectivity index (χ1v) is 4.41. The van der Waals surface area contributed by atoms with E-state index in [1.54, 1.807) is 12.3 Å². The molecular formula is C11H14N2O. The molecule has 0 saturated carbocycles. The second-order valence-corrected chi connectivity index (χ2v) is 2.77. The zero-order valence-electron chi connectivity index (χ0n) is 8.03. The van der Waals surface area contributed by atoms with Crippen molar-refractivity contribution in [2.75, 3.05) is 13.2 Å². The Morgan fingerprint density at radius 2 is 2.43 bits per heavy atom. The normalized spacial score (nSPS) is 9.50. The summed E-state index contributed by atoms with van der Waals surface area (Å²) < 4.78 is 0. The molecule has 0 amide bonds. The first kappa shape index (κ1) is 10.5. The Balaban J connectivity index is 2.83. The molecule has 0 radical (unpaired) electrons. The van der Waals surface area contributed by atoms with Crippen LogP contribution in [0, 0.1) is 0 Å². The largest absolute Gasteiger partial charge is 0.395 e. The number of aromatic nitrogens is 1. The fraction of sp³-hybridized carbons (Fsp3) is 0.182. The maximum atomic E-state index is 8.64. The average Bonchev–Trinajstić information content (AvgIpc) is 2.25. The highest BCUT2D eigenvalue weighted by molar-refractivity contribution is 5.68. The van der Waals surface area contributed by atoms with Gasteiger partial charge in [-0.1, -0.05) is 25.3 Å². The summed E-state index contributed by atoms with van der Waals surface area (Å²) in [6.07, 6.45) is 3.43. The van der Waals surface area contributed by atoms with E-state index in [2.05, 4.69) is 23.5 Å². The zero-order valence-corrected chi connectivity index (χ0v) is 8.03. The predicted octanol–water partition coefficient (Wildman–Crippen LogP) is 1.28. The van der Waals surface area contributed by atoms with E-state index >= 15 is 0 Å². The predicted molar refractivity (Wildman–Crippen MR) is 58.5 cm³/mol. The van der Waals surface area contributed by atoms with Crippen LogP contribution < -0.4 is 5.32 Å². The summed E-state index contributed by atoms with van der Waals surface area (Å²) in [5.74, 6) is 0. The molecule has 14 heavy (non-hydrogen) atoms. The minimum atomic E-state index is 0.0786. The van der Waals surface area contributed by atoms with Crippen LogP contribution in [0.4, 0.5) is 0 Å². The Morgan fingerprint density at radius 1 is 1.64 bits per heavy atom. The van der Waals surface area contributed by atoms with Gasteiger partial charge in [0.2, 0.25) is 0 Å². The van der Waals surface area contributed by atoms with Gasteiger partial charge in [-0.25, -0.2) is 0 Å². The summed E-state index contributed by atoms with van der Waals surface area (Å²) in [7, 11) is 0. The van der Waals surface area contributed by atoms with Crippen LogP contribution in [-0.2, 0) is 0 Å². The molecule has 0 unspecified atom stereocenters. The lowest BCUT2D eigenvalue weighted by molar-refractivity contribution is 0.299. The van der Waals surface area contributed by atoms with Gasteiger partial charge >= 0.3 is 0 Å². The fourth-order valence-corrected chi connectivity index (χ4v) is 1.13. The molecule has 0 atom stereocenters. The van der Waals surface area contributed by atoms with Crippen LogP contribution in [0.25, 0.3) is 11.8 Å². The number of nitrogens with zero attached hydrogens (tertiary/aromatic N) is 1. The third-order valence-electron chi connectivity index (χ3n) is 1.79. The highest BCUT2D eigenvalue weighted by Crippen LogP contribution is 2.13. The van der Waals surface area contributed by atoms with E-state index < -0.39 is 0 Å². The smallest absolute Gasteiger partial charge is 0.0926 e. The van der Waals surface area contributed by atoms with Crippen LogP contribution >= 0.6 is 0 Å². The van der Waals surface area contributed by atoms with Crippen molar-refractivity contribution in [2.45, 2.75) is 0 Å². The molecule has 0 fully saturated rings. The number of aliphatic hydroxyl groups is 1. The topological polar surface area (TPSA) is 45.2 Å². The Bertz CT molecular complexity index is 334. The quantitative estimate of drug-likeness (QED) is 0.735. The van der Waals surface area contributed by atoms with Gasteiger partial charge in [0.05, 0.1) is 18.0 Å². The zero-order chi connectivity index (χ0) is 10.4. The first-order valence-electron chi connectivity index (χ1n) is 4.41.